The molecule has 1 unspecified atom stereocenters. The third-order valence-electron chi connectivity index (χ3n) is 2.42. The van der Waals surface area contributed by atoms with Gasteiger partial charge in [-0.05, 0) is 24.6 Å². The number of carbonyl (C=O) groups is 2. The molecule has 104 valence electrons. The fourth-order valence-corrected chi connectivity index (χ4v) is 1.70. The third kappa shape index (κ3) is 5.36. The summed E-state index contributed by atoms with van der Waals surface area (Å²) in [5.74, 6) is -0.960. The van der Waals surface area contributed by atoms with Crippen molar-refractivity contribution in [1.82, 2.24) is 10.6 Å². The number of benzene rings is 1. The van der Waals surface area contributed by atoms with E-state index in [1.165, 1.54) is 0 Å². The highest BCUT2D eigenvalue weighted by molar-refractivity contribution is 6.42. The second-order valence-electron chi connectivity index (χ2n) is 3.94. The van der Waals surface area contributed by atoms with Crippen molar-refractivity contribution in [3.8, 4) is 0 Å². The molecule has 0 saturated carbocycles. The summed E-state index contributed by atoms with van der Waals surface area (Å²) in [7, 11) is 0. The highest BCUT2D eigenvalue weighted by atomic mass is 35.5. The quantitative estimate of drug-likeness (QED) is 0.782. The number of carbonyl (C=O) groups excluding carboxylic acids is 1. The van der Waals surface area contributed by atoms with Gasteiger partial charge in [-0.1, -0.05) is 29.3 Å². The van der Waals surface area contributed by atoms with Gasteiger partial charge in [-0.15, -0.1) is 0 Å². The summed E-state index contributed by atoms with van der Waals surface area (Å²) in [6, 6.07) is 4.39. The molecule has 2 amide bonds. The van der Waals surface area contributed by atoms with E-state index in [2.05, 4.69) is 10.6 Å². The Balaban J connectivity index is 2.49. The van der Waals surface area contributed by atoms with Gasteiger partial charge in [0, 0.05) is 6.54 Å². The van der Waals surface area contributed by atoms with Crippen LogP contribution < -0.4 is 10.6 Å². The zero-order valence-electron chi connectivity index (χ0n) is 10.2. The Bertz CT molecular complexity index is 480. The maximum atomic E-state index is 11.5. The summed E-state index contributed by atoms with van der Waals surface area (Å²) < 4.78 is 0. The zero-order valence-corrected chi connectivity index (χ0v) is 11.8. The lowest BCUT2D eigenvalue weighted by Gasteiger charge is -2.15. The smallest absolute Gasteiger partial charge is 0.315 e. The minimum Gasteiger partial charge on any atom is -0.481 e. The predicted octanol–water partition coefficient (Wildman–Crippen LogP) is 2.83. The molecule has 0 heterocycles. The molecule has 0 radical (unpaired) electrons. The maximum Gasteiger partial charge on any atom is 0.315 e. The van der Waals surface area contributed by atoms with E-state index < -0.39 is 12.0 Å². The Morgan fingerprint density at radius 1 is 1.32 bits per heavy atom. The van der Waals surface area contributed by atoms with E-state index in [9.17, 15) is 9.59 Å². The molecule has 0 fully saturated rings. The second kappa shape index (κ2) is 7.21. The molecule has 0 aliphatic carbocycles. The van der Waals surface area contributed by atoms with Crippen molar-refractivity contribution in [3.63, 3.8) is 0 Å². The third-order valence-corrected chi connectivity index (χ3v) is 3.15. The first-order chi connectivity index (χ1) is 8.90. The van der Waals surface area contributed by atoms with E-state index in [1.807, 2.05) is 0 Å². The van der Waals surface area contributed by atoms with Gasteiger partial charge in [0.05, 0.1) is 22.5 Å². The second-order valence-corrected chi connectivity index (χ2v) is 4.75. The molecule has 3 N–H and O–H groups in total. The fraction of sp³-hybridized carbons (Fsp3) is 0.333. The minimum absolute atomic E-state index is 0.0786. The molecule has 7 heteroatoms. The van der Waals surface area contributed by atoms with Crippen LogP contribution in [0.15, 0.2) is 18.2 Å². The number of halogens is 2. The zero-order chi connectivity index (χ0) is 14.4. The molecule has 1 atom stereocenters. The highest BCUT2D eigenvalue weighted by Gasteiger charge is 2.10. The lowest BCUT2D eigenvalue weighted by atomic mass is 10.1. The fourth-order valence-electron chi connectivity index (χ4n) is 1.40. The van der Waals surface area contributed by atoms with E-state index in [-0.39, 0.29) is 19.0 Å². The average Bonchev–Trinajstić information content (AvgIpc) is 2.32. The van der Waals surface area contributed by atoms with Crippen LogP contribution in [0.1, 0.15) is 24.9 Å². The van der Waals surface area contributed by atoms with Crippen LogP contribution in [0.3, 0.4) is 0 Å². The molecular formula is C12H14Cl2N2O3. The van der Waals surface area contributed by atoms with Crippen LogP contribution in [0.25, 0.3) is 0 Å². The Kier molecular flexibility index (Phi) is 5.92. The average molecular weight is 305 g/mol. The number of carboxylic acid groups (broad SMARTS) is 1. The van der Waals surface area contributed by atoms with Gasteiger partial charge in [0.15, 0.2) is 0 Å². The van der Waals surface area contributed by atoms with E-state index in [4.69, 9.17) is 28.3 Å². The van der Waals surface area contributed by atoms with Crippen molar-refractivity contribution in [1.29, 1.82) is 0 Å². The van der Waals surface area contributed by atoms with Gasteiger partial charge in [0.25, 0.3) is 0 Å². The highest BCUT2D eigenvalue weighted by Crippen LogP contribution is 2.25. The van der Waals surface area contributed by atoms with Crippen LogP contribution in [-0.4, -0.2) is 23.7 Å². The Labute approximate surface area is 120 Å². The van der Waals surface area contributed by atoms with Gasteiger partial charge in [0.1, 0.15) is 0 Å². The minimum atomic E-state index is -0.960. The topological polar surface area (TPSA) is 78.4 Å². The summed E-state index contributed by atoms with van der Waals surface area (Å²) >= 11 is 11.7. The summed E-state index contributed by atoms with van der Waals surface area (Å²) in [5.41, 5.74) is 0.808. The van der Waals surface area contributed by atoms with Crippen molar-refractivity contribution in [3.05, 3.63) is 33.8 Å². The molecule has 0 spiro atoms. The van der Waals surface area contributed by atoms with Gasteiger partial charge in [-0.25, -0.2) is 4.79 Å². The van der Waals surface area contributed by atoms with Crippen LogP contribution in [0.4, 0.5) is 4.79 Å². The molecule has 5 nitrogen and oxygen atoms in total. The Hall–Kier alpha value is -1.46. The summed E-state index contributed by atoms with van der Waals surface area (Å²) in [4.78, 5) is 21.8. The lowest BCUT2D eigenvalue weighted by Crippen LogP contribution is -2.38. The van der Waals surface area contributed by atoms with Crippen LogP contribution in [0.2, 0.25) is 10.0 Å². The molecule has 0 bridgehead atoms. The van der Waals surface area contributed by atoms with Gasteiger partial charge < -0.3 is 15.7 Å². The Morgan fingerprint density at radius 3 is 2.58 bits per heavy atom. The van der Waals surface area contributed by atoms with Gasteiger partial charge in [0.2, 0.25) is 0 Å². The van der Waals surface area contributed by atoms with Gasteiger partial charge in [-0.3, -0.25) is 4.79 Å². The summed E-state index contributed by atoms with van der Waals surface area (Å²) in [5, 5.41) is 14.4. The largest absolute Gasteiger partial charge is 0.481 e. The van der Waals surface area contributed by atoms with E-state index >= 15 is 0 Å². The molecule has 1 rings (SSSR count). The number of rotatable bonds is 5. The summed E-state index contributed by atoms with van der Waals surface area (Å²) in [6.45, 7) is 1.87. The molecule has 0 aliphatic heterocycles. The normalized spacial score (nSPS) is 11.7. The number of carboxylic acids is 1. The van der Waals surface area contributed by atoms with E-state index in [0.717, 1.165) is 5.56 Å². The maximum absolute atomic E-state index is 11.5. The number of amides is 2. The Morgan fingerprint density at radius 2 is 2.00 bits per heavy atom. The molecule has 0 saturated heterocycles. The van der Waals surface area contributed by atoms with Crippen molar-refractivity contribution >= 4 is 35.2 Å². The SMILES string of the molecule is CC(NC(=O)NCCC(=O)O)c1ccc(Cl)c(Cl)c1. The molecule has 1 aromatic rings. The first-order valence-electron chi connectivity index (χ1n) is 5.61. The standard InChI is InChI=1S/C12H14Cl2N2O3/c1-7(8-2-3-9(13)10(14)6-8)16-12(19)15-5-4-11(17)18/h2-3,6-7H,4-5H2,1H3,(H,17,18)(H2,15,16,19). The van der Waals surface area contributed by atoms with Crippen molar-refractivity contribution in [2.24, 2.45) is 0 Å². The van der Waals surface area contributed by atoms with Crippen LogP contribution in [0.5, 0.6) is 0 Å². The lowest BCUT2D eigenvalue weighted by molar-refractivity contribution is -0.136. The molecule has 1 aromatic carbocycles. The van der Waals surface area contributed by atoms with Crippen molar-refractivity contribution in [2.75, 3.05) is 6.54 Å². The van der Waals surface area contributed by atoms with E-state index in [0.29, 0.717) is 10.0 Å². The van der Waals surface area contributed by atoms with Crippen molar-refractivity contribution < 1.29 is 14.7 Å². The number of urea groups is 1. The number of hydrogen-bond acceptors (Lipinski definition) is 2. The van der Waals surface area contributed by atoms with Crippen LogP contribution >= 0.6 is 23.2 Å². The van der Waals surface area contributed by atoms with Crippen LogP contribution in [0, 0.1) is 0 Å². The van der Waals surface area contributed by atoms with Crippen LogP contribution in [-0.2, 0) is 4.79 Å². The number of nitrogens with one attached hydrogen (secondary N) is 2. The number of aliphatic carboxylic acids is 1. The molecule has 19 heavy (non-hydrogen) atoms. The van der Waals surface area contributed by atoms with Gasteiger partial charge in [-0.2, -0.15) is 0 Å². The monoisotopic (exact) mass is 304 g/mol. The van der Waals surface area contributed by atoms with Crippen molar-refractivity contribution in [2.45, 2.75) is 19.4 Å². The van der Waals surface area contributed by atoms with Gasteiger partial charge >= 0.3 is 12.0 Å². The van der Waals surface area contributed by atoms with E-state index in [1.54, 1.807) is 25.1 Å². The molecule has 0 aliphatic rings. The molecule has 0 aromatic heterocycles. The first-order valence-corrected chi connectivity index (χ1v) is 6.37. The number of hydrogen-bond donors (Lipinski definition) is 3. The predicted molar refractivity (Wildman–Crippen MR) is 73.7 cm³/mol. The summed E-state index contributed by atoms with van der Waals surface area (Å²) in [6.07, 6.45) is -0.116. The molecular weight excluding hydrogens is 291 g/mol. The first kappa shape index (κ1) is 15.6.